The molecule has 7 heteroatoms. The average Bonchev–Trinajstić information content (AvgIpc) is 2.91. The topological polar surface area (TPSA) is 87.8 Å². The molecule has 0 spiro atoms. The molecule has 110 valence electrons. The smallest absolute Gasteiger partial charge is 0.260 e. The van der Waals surface area contributed by atoms with Crippen LogP contribution in [0.25, 0.3) is 0 Å². The van der Waals surface area contributed by atoms with E-state index < -0.39 is 15.6 Å². The van der Waals surface area contributed by atoms with Crippen molar-refractivity contribution in [3.63, 3.8) is 0 Å². The van der Waals surface area contributed by atoms with Crippen molar-refractivity contribution >= 4 is 10.0 Å². The first-order chi connectivity index (χ1) is 9.41. The molecule has 0 amide bonds. The van der Waals surface area contributed by atoms with Gasteiger partial charge in [-0.15, -0.1) is 0 Å². The highest BCUT2D eigenvalue weighted by molar-refractivity contribution is 7.89. The van der Waals surface area contributed by atoms with E-state index in [2.05, 4.69) is 22.7 Å². The Morgan fingerprint density at radius 2 is 2.20 bits per heavy atom. The average molecular weight is 296 g/mol. The van der Waals surface area contributed by atoms with Crippen LogP contribution >= 0.6 is 0 Å². The third-order valence-corrected chi connectivity index (χ3v) is 5.34. The Kier molecular flexibility index (Phi) is 4.16. The van der Waals surface area contributed by atoms with Gasteiger partial charge in [-0.25, -0.2) is 13.4 Å². The summed E-state index contributed by atoms with van der Waals surface area (Å²) in [5.41, 5.74) is -0.985. The lowest BCUT2D eigenvalue weighted by molar-refractivity contribution is 0.277. The zero-order chi connectivity index (χ0) is 14.8. The number of hydrogen-bond acceptors (Lipinski definition) is 4. The number of nitrogens with zero attached hydrogens (tertiary/aromatic N) is 3. The molecular weight excluding hydrogens is 276 g/mol. The van der Waals surface area contributed by atoms with Crippen LogP contribution in [0.3, 0.4) is 0 Å². The second-order valence-corrected chi connectivity index (χ2v) is 7.15. The highest BCUT2D eigenvalue weighted by Gasteiger charge is 2.39. The molecule has 1 N–H and O–H groups in total. The molecule has 0 saturated heterocycles. The third-order valence-electron chi connectivity index (χ3n) is 3.92. The van der Waals surface area contributed by atoms with Crippen LogP contribution in [-0.2, 0) is 16.6 Å². The zero-order valence-corrected chi connectivity index (χ0v) is 12.7. The Morgan fingerprint density at radius 1 is 1.55 bits per heavy atom. The van der Waals surface area contributed by atoms with E-state index in [-0.39, 0.29) is 5.03 Å². The molecule has 1 aliphatic carbocycles. The molecule has 0 unspecified atom stereocenters. The predicted molar refractivity (Wildman–Crippen MR) is 74.2 cm³/mol. The standard InChI is InChI=1S/C13H20N4O2S/c1-3-17-8-12(15-10-17)20(18,19)16-13(9-14)6-4-11(2)5-7-13/h8,10-11,16H,3-7H2,1-2H3. The Bertz CT molecular complexity index is 607. The Morgan fingerprint density at radius 3 is 2.70 bits per heavy atom. The molecule has 0 atom stereocenters. The largest absolute Gasteiger partial charge is 0.336 e. The maximum atomic E-state index is 12.3. The lowest BCUT2D eigenvalue weighted by Crippen LogP contribution is -2.49. The van der Waals surface area contributed by atoms with Gasteiger partial charge in [0, 0.05) is 12.7 Å². The minimum absolute atomic E-state index is 0.0207. The first-order valence-electron chi connectivity index (χ1n) is 6.88. The van der Waals surface area contributed by atoms with E-state index in [9.17, 15) is 13.7 Å². The predicted octanol–water partition coefficient (Wildman–Crippen LogP) is 1.65. The van der Waals surface area contributed by atoms with Gasteiger partial charge in [-0.1, -0.05) is 6.92 Å². The molecule has 0 bridgehead atoms. The van der Waals surface area contributed by atoms with Gasteiger partial charge in [0.25, 0.3) is 10.0 Å². The van der Waals surface area contributed by atoms with Crippen LogP contribution in [0.15, 0.2) is 17.6 Å². The van der Waals surface area contributed by atoms with Gasteiger partial charge in [0.05, 0.1) is 12.4 Å². The molecule has 2 rings (SSSR count). The lowest BCUT2D eigenvalue weighted by atomic mass is 9.79. The van der Waals surface area contributed by atoms with Crippen molar-refractivity contribution in [3.8, 4) is 6.07 Å². The molecule has 6 nitrogen and oxygen atoms in total. The summed E-state index contributed by atoms with van der Waals surface area (Å²) in [5, 5.41) is 9.37. The van der Waals surface area contributed by atoms with Gasteiger partial charge in [0.2, 0.25) is 0 Å². The molecule has 0 aliphatic heterocycles. The van der Waals surface area contributed by atoms with Gasteiger partial charge in [0.1, 0.15) is 5.54 Å². The summed E-state index contributed by atoms with van der Waals surface area (Å²) >= 11 is 0. The van der Waals surface area contributed by atoms with Crippen LogP contribution in [0, 0.1) is 17.2 Å². The molecule has 20 heavy (non-hydrogen) atoms. The molecule has 1 saturated carbocycles. The van der Waals surface area contributed by atoms with E-state index in [4.69, 9.17) is 0 Å². The molecular formula is C13H20N4O2S. The van der Waals surface area contributed by atoms with Crippen LogP contribution in [0.1, 0.15) is 39.5 Å². The van der Waals surface area contributed by atoms with Gasteiger partial charge in [-0.05, 0) is 38.5 Å². The fourth-order valence-electron chi connectivity index (χ4n) is 2.45. The second-order valence-electron chi connectivity index (χ2n) is 5.52. The molecule has 1 aliphatic rings. The van der Waals surface area contributed by atoms with E-state index >= 15 is 0 Å². The number of nitrogens with one attached hydrogen (secondary N) is 1. The number of rotatable bonds is 4. The summed E-state index contributed by atoms with van der Waals surface area (Å²) in [6.45, 7) is 4.69. The zero-order valence-electron chi connectivity index (χ0n) is 11.8. The van der Waals surface area contributed by atoms with Crippen LogP contribution in [-0.4, -0.2) is 23.5 Å². The normalized spacial score (nSPS) is 27.1. The van der Waals surface area contributed by atoms with E-state index in [1.807, 2.05) is 6.92 Å². The third kappa shape index (κ3) is 3.02. The lowest BCUT2D eigenvalue weighted by Gasteiger charge is -2.33. The maximum Gasteiger partial charge on any atom is 0.260 e. The van der Waals surface area contributed by atoms with Gasteiger partial charge < -0.3 is 4.57 Å². The van der Waals surface area contributed by atoms with Gasteiger partial charge >= 0.3 is 0 Å². The number of sulfonamides is 1. The molecule has 0 radical (unpaired) electrons. The molecule has 1 aromatic rings. The van der Waals surface area contributed by atoms with Crippen molar-refractivity contribution < 1.29 is 8.42 Å². The van der Waals surface area contributed by atoms with Crippen molar-refractivity contribution in [2.75, 3.05) is 0 Å². The van der Waals surface area contributed by atoms with Crippen LogP contribution in [0.4, 0.5) is 0 Å². The SMILES string of the molecule is CCn1cnc(S(=O)(=O)NC2(C#N)CCC(C)CC2)c1. The van der Waals surface area contributed by atoms with Crippen molar-refractivity contribution in [3.05, 3.63) is 12.5 Å². The van der Waals surface area contributed by atoms with E-state index in [0.717, 1.165) is 12.8 Å². The number of nitriles is 1. The Balaban J connectivity index is 2.20. The van der Waals surface area contributed by atoms with Crippen molar-refractivity contribution in [1.82, 2.24) is 14.3 Å². The summed E-state index contributed by atoms with van der Waals surface area (Å²) in [4.78, 5) is 3.91. The number of aromatic nitrogens is 2. The summed E-state index contributed by atoms with van der Waals surface area (Å²) in [7, 11) is -3.74. The second kappa shape index (κ2) is 5.54. The molecule has 1 heterocycles. The number of imidazole rings is 1. The summed E-state index contributed by atoms with van der Waals surface area (Å²) in [6, 6.07) is 2.16. The van der Waals surface area contributed by atoms with Crippen molar-refractivity contribution in [2.45, 2.75) is 56.6 Å². The maximum absolute atomic E-state index is 12.3. The van der Waals surface area contributed by atoms with Crippen LogP contribution in [0.5, 0.6) is 0 Å². The summed E-state index contributed by atoms with van der Waals surface area (Å²) in [5.74, 6) is 0.542. The summed E-state index contributed by atoms with van der Waals surface area (Å²) < 4.78 is 28.9. The first-order valence-corrected chi connectivity index (χ1v) is 8.36. The van der Waals surface area contributed by atoms with Gasteiger partial charge in [-0.3, -0.25) is 0 Å². The monoisotopic (exact) mass is 296 g/mol. The minimum atomic E-state index is -3.74. The fraction of sp³-hybridized carbons (Fsp3) is 0.692. The van der Waals surface area contributed by atoms with Crippen molar-refractivity contribution in [2.24, 2.45) is 5.92 Å². The highest BCUT2D eigenvalue weighted by Crippen LogP contribution is 2.32. The highest BCUT2D eigenvalue weighted by atomic mass is 32.2. The fourth-order valence-corrected chi connectivity index (χ4v) is 3.78. The Labute approximate surface area is 119 Å². The van der Waals surface area contributed by atoms with E-state index in [1.54, 1.807) is 4.57 Å². The number of aryl methyl sites for hydroxylation is 1. The van der Waals surface area contributed by atoms with Gasteiger partial charge in [-0.2, -0.15) is 9.98 Å². The van der Waals surface area contributed by atoms with E-state index in [1.165, 1.54) is 12.5 Å². The van der Waals surface area contributed by atoms with Crippen molar-refractivity contribution in [1.29, 1.82) is 5.26 Å². The van der Waals surface area contributed by atoms with Gasteiger partial charge in [0.15, 0.2) is 5.03 Å². The molecule has 1 fully saturated rings. The summed E-state index contributed by atoms with van der Waals surface area (Å²) in [6.07, 6.45) is 5.80. The first kappa shape index (κ1) is 15.0. The molecule has 0 aromatic carbocycles. The minimum Gasteiger partial charge on any atom is -0.336 e. The van der Waals surface area contributed by atoms with Crippen LogP contribution in [0.2, 0.25) is 0 Å². The van der Waals surface area contributed by atoms with E-state index in [0.29, 0.717) is 25.3 Å². The quantitative estimate of drug-likeness (QED) is 0.915. The number of hydrogen-bond donors (Lipinski definition) is 1. The Hall–Kier alpha value is -1.39. The van der Waals surface area contributed by atoms with Crippen LogP contribution < -0.4 is 4.72 Å². The molecule has 1 aromatic heterocycles.